The molecule has 1 rings (SSSR count). The van der Waals surface area contributed by atoms with Crippen LogP contribution < -0.4 is 10.1 Å². The predicted molar refractivity (Wildman–Crippen MR) is 66.8 cm³/mol. The summed E-state index contributed by atoms with van der Waals surface area (Å²) in [6.07, 6.45) is -5.00. The first kappa shape index (κ1) is 16.8. The maximum atomic E-state index is 12.7. The van der Waals surface area contributed by atoms with Crippen molar-refractivity contribution in [2.75, 3.05) is 13.2 Å². The number of nitrogens with one attached hydrogen (secondary N) is 1. The molecule has 0 aromatic heterocycles. The smallest absolute Gasteiger partial charge is 0.419 e. The van der Waals surface area contributed by atoms with Gasteiger partial charge in [-0.05, 0) is 12.1 Å². The van der Waals surface area contributed by atoms with Crippen molar-refractivity contribution in [3.05, 3.63) is 29.8 Å². The molecule has 2 N–H and O–H groups in total. The highest BCUT2D eigenvalue weighted by atomic mass is 19.4. The normalized spacial score (nSPS) is 11.0. The molecule has 1 aromatic rings. The summed E-state index contributed by atoms with van der Waals surface area (Å²) in [5.74, 6) is -1.91. The average molecular weight is 305 g/mol. The number of carboxylic acids is 1. The molecule has 0 radical (unpaired) electrons. The number of benzene rings is 1. The van der Waals surface area contributed by atoms with Crippen molar-refractivity contribution in [1.29, 1.82) is 0 Å². The van der Waals surface area contributed by atoms with Crippen LogP contribution in [0.4, 0.5) is 13.2 Å². The zero-order valence-electron chi connectivity index (χ0n) is 10.9. The van der Waals surface area contributed by atoms with Crippen LogP contribution in [0.1, 0.15) is 18.4 Å². The summed E-state index contributed by atoms with van der Waals surface area (Å²) in [5.41, 5.74) is -0.887. The van der Waals surface area contributed by atoms with Crippen molar-refractivity contribution in [3.63, 3.8) is 0 Å². The zero-order chi connectivity index (χ0) is 15.9. The summed E-state index contributed by atoms with van der Waals surface area (Å²) < 4.78 is 43.0. The second-order valence-electron chi connectivity index (χ2n) is 4.09. The van der Waals surface area contributed by atoms with Crippen LogP contribution in [0.25, 0.3) is 0 Å². The lowest BCUT2D eigenvalue weighted by Gasteiger charge is -2.13. The summed E-state index contributed by atoms with van der Waals surface area (Å²) in [6, 6.07) is 4.76. The van der Waals surface area contributed by atoms with Gasteiger partial charge in [0.25, 0.3) is 0 Å². The van der Waals surface area contributed by atoms with Crippen molar-refractivity contribution < 1.29 is 32.6 Å². The highest BCUT2D eigenvalue weighted by Gasteiger charge is 2.33. The largest absolute Gasteiger partial charge is 0.491 e. The van der Waals surface area contributed by atoms with Gasteiger partial charge in [-0.2, -0.15) is 13.2 Å². The molecule has 0 spiro atoms. The van der Waals surface area contributed by atoms with Crippen molar-refractivity contribution in [1.82, 2.24) is 5.32 Å². The van der Waals surface area contributed by atoms with Crippen LogP contribution in [0.15, 0.2) is 24.3 Å². The number of rotatable bonds is 7. The van der Waals surface area contributed by atoms with Crippen LogP contribution >= 0.6 is 0 Å². The standard InChI is InChI=1S/C13H14F3NO4/c14-13(15,16)9-3-1-2-4-10(9)21-8-7-17-11(18)5-6-12(19)20/h1-4H,5-8H2,(H,17,18)(H,19,20). The highest BCUT2D eigenvalue weighted by Crippen LogP contribution is 2.35. The molecule has 5 nitrogen and oxygen atoms in total. The molecule has 0 aliphatic heterocycles. The Balaban J connectivity index is 2.40. The maximum absolute atomic E-state index is 12.7. The SMILES string of the molecule is O=C(O)CCC(=O)NCCOc1ccccc1C(F)(F)F. The second kappa shape index (κ2) is 7.51. The van der Waals surface area contributed by atoms with Crippen LogP contribution in [0.5, 0.6) is 5.75 Å². The molecule has 21 heavy (non-hydrogen) atoms. The van der Waals surface area contributed by atoms with Gasteiger partial charge in [-0.1, -0.05) is 12.1 Å². The van der Waals surface area contributed by atoms with E-state index in [1.54, 1.807) is 0 Å². The minimum absolute atomic E-state index is 0.00928. The fourth-order valence-electron chi connectivity index (χ4n) is 1.49. The van der Waals surface area contributed by atoms with E-state index in [4.69, 9.17) is 9.84 Å². The van der Waals surface area contributed by atoms with Gasteiger partial charge in [-0.15, -0.1) is 0 Å². The van der Waals surface area contributed by atoms with E-state index in [-0.39, 0.29) is 31.7 Å². The molecule has 0 atom stereocenters. The number of carbonyl (C=O) groups excluding carboxylic acids is 1. The number of hydrogen-bond donors (Lipinski definition) is 2. The zero-order valence-corrected chi connectivity index (χ0v) is 10.9. The number of para-hydroxylation sites is 1. The van der Waals surface area contributed by atoms with Gasteiger partial charge in [0.2, 0.25) is 5.91 Å². The Morgan fingerprint density at radius 3 is 2.48 bits per heavy atom. The van der Waals surface area contributed by atoms with Gasteiger partial charge in [0.1, 0.15) is 12.4 Å². The Labute approximate surface area is 118 Å². The van der Waals surface area contributed by atoms with Crippen molar-refractivity contribution >= 4 is 11.9 Å². The van der Waals surface area contributed by atoms with Crippen LogP contribution in [-0.2, 0) is 15.8 Å². The van der Waals surface area contributed by atoms with Crippen molar-refractivity contribution in [2.24, 2.45) is 0 Å². The van der Waals surface area contributed by atoms with Crippen LogP contribution in [0.2, 0.25) is 0 Å². The molecule has 0 bridgehead atoms. The lowest BCUT2D eigenvalue weighted by molar-refractivity contribution is -0.139. The molecule has 0 fully saturated rings. The van der Waals surface area contributed by atoms with Crippen LogP contribution in [0.3, 0.4) is 0 Å². The molecule has 0 unspecified atom stereocenters. The Hall–Kier alpha value is -2.25. The number of carboxylic acid groups (broad SMARTS) is 1. The second-order valence-corrected chi connectivity index (χ2v) is 4.09. The topological polar surface area (TPSA) is 75.6 Å². The van der Waals surface area contributed by atoms with E-state index < -0.39 is 23.6 Å². The van der Waals surface area contributed by atoms with Gasteiger partial charge in [-0.25, -0.2) is 0 Å². The summed E-state index contributed by atoms with van der Waals surface area (Å²) >= 11 is 0. The Morgan fingerprint density at radius 1 is 1.19 bits per heavy atom. The van der Waals surface area contributed by atoms with E-state index in [0.29, 0.717) is 0 Å². The van der Waals surface area contributed by atoms with Gasteiger partial charge < -0.3 is 15.2 Å². The quantitative estimate of drug-likeness (QED) is 0.756. The molecular formula is C13H14F3NO4. The number of amides is 1. The number of ether oxygens (including phenoxy) is 1. The minimum atomic E-state index is -4.51. The molecular weight excluding hydrogens is 291 g/mol. The molecule has 8 heteroatoms. The Kier molecular flexibility index (Phi) is 6.01. The summed E-state index contributed by atoms with van der Waals surface area (Å²) in [6.45, 7) is -0.156. The van der Waals surface area contributed by atoms with Crippen LogP contribution in [-0.4, -0.2) is 30.1 Å². The van der Waals surface area contributed by atoms with Crippen LogP contribution in [0, 0.1) is 0 Å². The van der Waals surface area contributed by atoms with Gasteiger partial charge >= 0.3 is 12.1 Å². The molecule has 0 heterocycles. The average Bonchev–Trinajstić information content (AvgIpc) is 2.40. The third-order valence-electron chi connectivity index (χ3n) is 2.44. The third-order valence-corrected chi connectivity index (χ3v) is 2.44. The first-order chi connectivity index (χ1) is 9.80. The minimum Gasteiger partial charge on any atom is -0.491 e. The number of aliphatic carboxylic acids is 1. The first-order valence-corrected chi connectivity index (χ1v) is 6.08. The van der Waals surface area contributed by atoms with Gasteiger partial charge in [0.05, 0.1) is 18.5 Å². The third kappa shape index (κ3) is 6.15. The monoisotopic (exact) mass is 305 g/mol. The molecule has 1 aromatic carbocycles. The van der Waals surface area contributed by atoms with Crippen molar-refractivity contribution in [2.45, 2.75) is 19.0 Å². The fourth-order valence-corrected chi connectivity index (χ4v) is 1.49. The van der Waals surface area contributed by atoms with E-state index in [1.165, 1.54) is 18.2 Å². The number of carbonyl (C=O) groups is 2. The van der Waals surface area contributed by atoms with E-state index in [2.05, 4.69) is 5.32 Å². The molecule has 0 aliphatic rings. The van der Waals surface area contributed by atoms with E-state index >= 15 is 0 Å². The molecule has 116 valence electrons. The molecule has 1 amide bonds. The summed E-state index contributed by atoms with van der Waals surface area (Å²) in [7, 11) is 0. The summed E-state index contributed by atoms with van der Waals surface area (Å²) in [4.78, 5) is 21.4. The fraction of sp³-hybridized carbons (Fsp3) is 0.385. The highest BCUT2D eigenvalue weighted by molar-refractivity contribution is 5.80. The number of hydrogen-bond acceptors (Lipinski definition) is 3. The van der Waals surface area contributed by atoms with Gasteiger partial charge in [0, 0.05) is 6.42 Å². The molecule has 0 aliphatic carbocycles. The molecule has 0 saturated heterocycles. The lowest BCUT2D eigenvalue weighted by Crippen LogP contribution is -2.28. The van der Waals surface area contributed by atoms with Gasteiger partial charge in [-0.3, -0.25) is 9.59 Å². The van der Waals surface area contributed by atoms with E-state index in [1.807, 2.05) is 0 Å². The van der Waals surface area contributed by atoms with E-state index in [9.17, 15) is 22.8 Å². The number of alkyl halides is 3. The lowest BCUT2D eigenvalue weighted by atomic mass is 10.2. The molecule has 0 saturated carbocycles. The maximum Gasteiger partial charge on any atom is 0.419 e. The number of halogens is 3. The van der Waals surface area contributed by atoms with Crippen molar-refractivity contribution in [3.8, 4) is 5.75 Å². The van der Waals surface area contributed by atoms with Gasteiger partial charge in [0.15, 0.2) is 0 Å². The Morgan fingerprint density at radius 2 is 1.86 bits per heavy atom. The summed E-state index contributed by atoms with van der Waals surface area (Å²) in [5, 5.41) is 10.7. The van der Waals surface area contributed by atoms with E-state index in [0.717, 1.165) is 6.07 Å². The Bertz CT molecular complexity index is 502. The predicted octanol–water partition coefficient (Wildman–Crippen LogP) is 2.07. The first-order valence-electron chi connectivity index (χ1n) is 6.08.